The normalized spacial score (nSPS) is 15.4. The summed E-state index contributed by atoms with van der Waals surface area (Å²) in [5.74, 6) is 0.601. The highest BCUT2D eigenvalue weighted by Crippen LogP contribution is 2.16. The Morgan fingerprint density at radius 1 is 1.35 bits per heavy atom. The van der Waals surface area contributed by atoms with Crippen molar-refractivity contribution < 1.29 is 9.53 Å². The van der Waals surface area contributed by atoms with E-state index < -0.39 is 0 Å². The Labute approximate surface area is 119 Å². The van der Waals surface area contributed by atoms with Crippen LogP contribution in [0.15, 0.2) is 18.3 Å². The highest BCUT2D eigenvalue weighted by molar-refractivity contribution is 5.77. The maximum atomic E-state index is 11.9. The molecule has 2 heterocycles. The number of anilines is 2. The van der Waals surface area contributed by atoms with Crippen LogP contribution in [-0.2, 0) is 9.53 Å². The van der Waals surface area contributed by atoms with Gasteiger partial charge in [-0.3, -0.25) is 4.79 Å². The van der Waals surface area contributed by atoms with E-state index in [-0.39, 0.29) is 12.5 Å². The highest BCUT2D eigenvalue weighted by atomic mass is 16.5. The van der Waals surface area contributed by atoms with Crippen LogP contribution in [-0.4, -0.2) is 55.2 Å². The Morgan fingerprint density at radius 2 is 2.10 bits per heavy atom. The third kappa shape index (κ3) is 3.84. The Kier molecular flexibility index (Phi) is 5.17. The molecule has 110 valence electrons. The van der Waals surface area contributed by atoms with E-state index >= 15 is 0 Å². The van der Waals surface area contributed by atoms with Gasteiger partial charge in [-0.05, 0) is 18.6 Å². The number of carbonyl (C=O) groups excluding carboxylic acids is 1. The minimum absolute atomic E-state index is 0.0773. The van der Waals surface area contributed by atoms with E-state index in [0.717, 1.165) is 38.3 Å². The number of hydrogen-bond acceptors (Lipinski definition) is 5. The van der Waals surface area contributed by atoms with Gasteiger partial charge in [0, 0.05) is 32.8 Å². The molecule has 0 bridgehead atoms. The second-order valence-electron chi connectivity index (χ2n) is 4.86. The first-order valence-corrected chi connectivity index (χ1v) is 7.02. The van der Waals surface area contributed by atoms with Gasteiger partial charge in [0.1, 0.15) is 12.4 Å². The van der Waals surface area contributed by atoms with Crippen molar-refractivity contribution in [2.75, 3.05) is 50.0 Å². The molecule has 0 atom stereocenters. The first-order valence-electron chi connectivity index (χ1n) is 7.02. The third-order valence-electron chi connectivity index (χ3n) is 3.34. The molecule has 1 aliphatic heterocycles. The van der Waals surface area contributed by atoms with E-state index in [1.54, 1.807) is 12.3 Å². The van der Waals surface area contributed by atoms with Crippen LogP contribution >= 0.6 is 0 Å². The second kappa shape index (κ2) is 7.09. The van der Waals surface area contributed by atoms with Crippen molar-refractivity contribution in [1.29, 1.82) is 0 Å². The molecule has 0 radical (unpaired) electrons. The molecule has 1 saturated heterocycles. The van der Waals surface area contributed by atoms with Gasteiger partial charge >= 0.3 is 0 Å². The number of rotatable bonds is 5. The van der Waals surface area contributed by atoms with E-state index in [1.165, 1.54) is 0 Å². The number of carbonyl (C=O) groups is 1. The third-order valence-corrected chi connectivity index (χ3v) is 3.34. The molecule has 2 rings (SSSR count). The van der Waals surface area contributed by atoms with Crippen molar-refractivity contribution in [2.45, 2.75) is 13.3 Å². The maximum absolute atomic E-state index is 11.9. The SMILES string of the molecule is CCCOCC(=O)N1CCN(c2ccc(N)nc2)CC1. The van der Waals surface area contributed by atoms with Gasteiger partial charge in [0.05, 0.1) is 11.9 Å². The van der Waals surface area contributed by atoms with Gasteiger partial charge in [-0.1, -0.05) is 6.92 Å². The van der Waals surface area contributed by atoms with E-state index in [4.69, 9.17) is 10.5 Å². The van der Waals surface area contributed by atoms with Crippen LogP contribution in [0.3, 0.4) is 0 Å². The van der Waals surface area contributed by atoms with Crippen LogP contribution in [0, 0.1) is 0 Å². The number of nitrogens with zero attached hydrogens (tertiary/aromatic N) is 3. The van der Waals surface area contributed by atoms with Crippen LogP contribution in [0.25, 0.3) is 0 Å². The molecule has 0 aromatic carbocycles. The fraction of sp³-hybridized carbons (Fsp3) is 0.571. The number of amides is 1. The number of nitrogens with two attached hydrogens (primary N) is 1. The van der Waals surface area contributed by atoms with Gasteiger partial charge in [-0.15, -0.1) is 0 Å². The lowest BCUT2D eigenvalue weighted by Gasteiger charge is -2.35. The lowest BCUT2D eigenvalue weighted by molar-refractivity contribution is -0.136. The largest absolute Gasteiger partial charge is 0.384 e. The van der Waals surface area contributed by atoms with Crippen molar-refractivity contribution >= 4 is 17.4 Å². The molecule has 1 amide bonds. The first-order chi connectivity index (χ1) is 9.70. The summed E-state index contributed by atoms with van der Waals surface area (Å²) < 4.78 is 5.29. The number of hydrogen-bond donors (Lipinski definition) is 1. The predicted molar refractivity (Wildman–Crippen MR) is 78.6 cm³/mol. The standard InChI is InChI=1S/C14H22N4O2/c1-2-9-20-11-14(19)18-7-5-17(6-8-18)12-3-4-13(15)16-10-12/h3-4,10H,2,5-9,11H2,1H3,(H2,15,16). The Morgan fingerprint density at radius 3 is 2.70 bits per heavy atom. The molecule has 6 nitrogen and oxygen atoms in total. The molecule has 1 aromatic heterocycles. The van der Waals surface area contributed by atoms with Gasteiger partial charge in [0.2, 0.25) is 5.91 Å². The van der Waals surface area contributed by atoms with Crippen LogP contribution in [0.1, 0.15) is 13.3 Å². The van der Waals surface area contributed by atoms with Crippen LogP contribution in [0.2, 0.25) is 0 Å². The minimum atomic E-state index is 0.0773. The summed E-state index contributed by atoms with van der Waals surface area (Å²) in [5.41, 5.74) is 6.63. The number of piperazine rings is 1. The van der Waals surface area contributed by atoms with Crippen LogP contribution in [0.5, 0.6) is 0 Å². The van der Waals surface area contributed by atoms with E-state index in [1.807, 2.05) is 17.9 Å². The summed E-state index contributed by atoms with van der Waals surface area (Å²) in [7, 11) is 0. The van der Waals surface area contributed by atoms with Crippen LogP contribution < -0.4 is 10.6 Å². The molecule has 0 saturated carbocycles. The lowest BCUT2D eigenvalue weighted by atomic mass is 10.2. The summed E-state index contributed by atoms with van der Waals surface area (Å²) in [6, 6.07) is 3.76. The first kappa shape index (κ1) is 14.6. The predicted octanol–water partition coefficient (Wildman–Crippen LogP) is 0.739. The Bertz CT molecular complexity index is 427. The van der Waals surface area contributed by atoms with Crippen molar-refractivity contribution in [1.82, 2.24) is 9.88 Å². The molecule has 6 heteroatoms. The molecule has 1 aromatic rings. The summed E-state index contributed by atoms with van der Waals surface area (Å²) in [6.07, 6.45) is 2.71. The fourth-order valence-electron chi connectivity index (χ4n) is 2.19. The van der Waals surface area contributed by atoms with Crippen molar-refractivity contribution in [2.24, 2.45) is 0 Å². The Balaban J connectivity index is 1.80. The molecule has 1 aliphatic rings. The quantitative estimate of drug-likeness (QED) is 0.804. The average Bonchev–Trinajstić information content (AvgIpc) is 2.48. The van der Waals surface area contributed by atoms with Crippen molar-refractivity contribution in [3.05, 3.63) is 18.3 Å². The summed E-state index contributed by atoms with van der Waals surface area (Å²) in [5, 5.41) is 0. The molecule has 0 unspecified atom stereocenters. The zero-order chi connectivity index (χ0) is 14.4. The van der Waals surface area contributed by atoms with E-state index in [0.29, 0.717) is 12.4 Å². The van der Waals surface area contributed by atoms with Gasteiger partial charge in [-0.25, -0.2) is 4.98 Å². The molecule has 2 N–H and O–H groups in total. The summed E-state index contributed by atoms with van der Waals surface area (Å²) in [6.45, 7) is 5.93. The summed E-state index contributed by atoms with van der Waals surface area (Å²) in [4.78, 5) is 20.1. The van der Waals surface area contributed by atoms with E-state index in [2.05, 4.69) is 9.88 Å². The molecule has 0 aliphatic carbocycles. The molecular formula is C14H22N4O2. The lowest BCUT2D eigenvalue weighted by Crippen LogP contribution is -2.49. The number of ether oxygens (including phenoxy) is 1. The van der Waals surface area contributed by atoms with Gasteiger partial charge in [0.25, 0.3) is 0 Å². The highest BCUT2D eigenvalue weighted by Gasteiger charge is 2.21. The smallest absolute Gasteiger partial charge is 0.248 e. The molecule has 0 spiro atoms. The topological polar surface area (TPSA) is 71.7 Å². The zero-order valence-corrected chi connectivity index (χ0v) is 11.9. The molecule has 1 fully saturated rings. The van der Waals surface area contributed by atoms with Gasteiger partial charge in [0.15, 0.2) is 0 Å². The van der Waals surface area contributed by atoms with Gasteiger partial charge < -0.3 is 20.3 Å². The van der Waals surface area contributed by atoms with Crippen molar-refractivity contribution in [3.63, 3.8) is 0 Å². The second-order valence-corrected chi connectivity index (χ2v) is 4.86. The average molecular weight is 278 g/mol. The fourth-order valence-corrected chi connectivity index (χ4v) is 2.19. The monoisotopic (exact) mass is 278 g/mol. The summed E-state index contributed by atoms with van der Waals surface area (Å²) >= 11 is 0. The maximum Gasteiger partial charge on any atom is 0.248 e. The Hall–Kier alpha value is -1.82. The van der Waals surface area contributed by atoms with Crippen molar-refractivity contribution in [3.8, 4) is 0 Å². The minimum Gasteiger partial charge on any atom is -0.384 e. The van der Waals surface area contributed by atoms with Crippen LogP contribution in [0.4, 0.5) is 11.5 Å². The number of pyridine rings is 1. The van der Waals surface area contributed by atoms with E-state index in [9.17, 15) is 4.79 Å². The number of aromatic nitrogens is 1. The molecule has 20 heavy (non-hydrogen) atoms. The molecular weight excluding hydrogens is 256 g/mol. The zero-order valence-electron chi connectivity index (χ0n) is 11.9. The number of nitrogen functional groups attached to an aromatic ring is 1. The van der Waals surface area contributed by atoms with Gasteiger partial charge in [-0.2, -0.15) is 0 Å².